The molecular formula is C24H29N5O. The summed E-state index contributed by atoms with van der Waals surface area (Å²) >= 11 is 0. The van der Waals surface area contributed by atoms with Gasteiger partial charge in [-0.2, -0.15) is 5.26 Å². The monoisotopic (exact) mass is 403 g/mol. The molecule has 1 saturated heterocycles. The fraction of sp³-hybridized carbons (Fsp3) is 0.542. The Morgan fingerprint density at radius 3 is 2.53 bits per heavy atom. The molecule has 3 unspecified atom stereocenters. The molecular weight excluding hydrogens is 374 g/mol. The Morgan fingerprint density at radius 2 is 1.87 bits per heavy atom. The van der Waals surface area contributed by atoms with Crippen LogP contribution in [-0.4, -0.2) is 51.4 Å². The molecule has 1 aliphatic heterocycles. The molecule has 5 rings (SSSR count). The maximum Gasteiger partial charge on any atom is 0.226 e. The highest BCUT2D eigenvalue weighted by Gasteiger charge is 2.44. The molecule has 6 heteroatoms. The van der Waals surface area contributed by atoms with Crippen molar-refractivity contribution in [2.45, 2.75) is 38.8 Å². The van der Waals surface area contributed by atoms with E-state index in [1.54, 1.807) is 0 Å². The molecule has 2 aliphatic carbocycles. The van der Waals surface area contributed by atoms with Crippen LogP contribution < -0.4 is 0 Å². The van der Waals surface area contributed by atoms with E-state index in [0.29, 0.717) is 23.3 Å². The molecule has 1 aromatic heterocycles. The second kappa shape index (κ2) is 8.23. The van der Waals surface area contributed by atoms with Crippen molar-refractivity contribution >= 4 is 5.91 Å². The van der Waals surface area contributed by atoms with E-state index in [4.69, 9.17) is 5.26 Å². The molecule has 2 aromatic rings. The number of piperazine rings is 1. The smallest absolute Gasteiger partial charge is 0.226 e. The number of hydrogen-bond donors (Lipinski definition) is 0. The van der Waals surface area contributed by atoms with Crippen molar-refractivity contribution in [3.05, 3.63) is 53.6 Å². The number of amides is 1. The first-order valence-electron chi connectivity index (χ1n) is 11.2. The Bertz CT molecular complexity index is 935. The standard InChI is InChI=1S/C24H29N5O/c25-13-18-1-3-19(4-2-18)15-29-17-26-14-22(29)16-27-7-9-28(10-8-27)24(30)23-12-20-5-6-21(23)11-20/h1-4,14,17,20-21,23H,5-12,15-16H2. The van der Waals surface area contributed by atoms with Gasteiger partial charge in [-0.15, -0.1) is 0 Å². The van der Waals surface area contributed by atoms with E-state index in [9.17, 15) is 4.79 Å². The van der Waals surface area contributed by atoms with Crippen LogP contribution in [0.1, 0.15) is 42.5 Å². The minimum Gasteiger partial charge on any atom is -0.340 e. The van der Waals surface area contributed by atoms with Gasteiger partial charge in [0.05, 0.1) is 23.7 Å². The van der Waals surface area contributed by atoms with E-state index in [-0.39, 0.29) is 0 Å². The van der Waals surface area contributed by atoms with Crippen molar-refractivity contribution in [2.75, 3.05) is 26.2 Å². The van der Waals surface area contributed by atoms with Gasteiger partial charge in [0.1, 0.15) is 0 Å². The number of benzene rings is 1. The predicted octanol–water partition coefficient (Wildman–Crippen LogP) is 2.88. The van der Waals surface area contributed by atoms with Crippen molar-refractivity contribution in [2.24, 2.45) is 17.8 Å². The van der Waals surface area contributed by atoms with Crippen LogP contribution in [0.2, 0.25) is 0 Å². The third kappa shape index (κ3) is 3.87. The summed E-state index contributed by atoms with van der Waals surface area (Å²) in [4.78, 5) is 21.9. The Balaban J connectivity index is 1.15. The van der Waals surface area contributed by atoms with E-state index in [1.165, 1.54) is 25.0 Å². The molecule has 3 atom stereocenters. The van der Waals surface area contributed by atoms with Crippen LogP contribution >= 0.6 is 0 Å². The zero-order valence-electron chi connectivity index (χ0n) is 17.4. The van der Waals surface area contributed by atoms with E-state index in [2.05, 4.69) is 25.4 Å². The number of hydrogen-bond acceptors (Lipinski definition) is 4. The SMILES string of the molecule is N#Cc1ccc(Cn2cncc2CN2CCN(C(=O)C3CC4CCC3C4)CC2)cc1. The predicted molar refractivity (Wildman–Crippen MR) is 113 cm³/mol. The molecule has 156 valence electrons. The van der Waals surface area contributed by atoms with Crippen LogP contribution in [0.25, 0.3) is 0 Å². The lowest BCUT2D eigenvalue weighted by Crippen LogP contribution is -2.50. The number of aromatic nitrogens is 2. The summed E-state index contributed by atoms with van der Waals surface area (Å²) in [6.45, 7) is 5.15. The van der Waals surface area contributed by atoms with Crippen LogP contribution in [0.15, 0.2) is 36.8 Å². The van der Waals surface area contributed by atoms with E-state index in [1.807, 2.05) is 36.8 Å². The average Bonchev–Trinajstić information content (AvgIpc) is 3.52. The summed E-state index contributed by atoms with van der Waals surface area (Å²) in [5.74, 6) is 2.22. The highest BCUT2D eigenvalue weighted by Crippen LogP contribution is 2.48. The molecule has 3 fully saturated rings. The van der Waals surface area contributed by atoms with Gasteiger partial charge in [-0.3, -0.25) is 9.69 Å². The van der Waals surface area contributed by atoms with Gasteiger partial charge in [-0.05, 0) is 48.8 Å². The number of carbonyl (C=O) groups excluding carboxylic acids is 1. The number of nitriles is 1. The van der Waals surface area contributed by atoms with Gasteiger partial charge in [-0.25, -0.2) is 4.98 Å². The second-order valence-corrected chi connectivity index (χ2v) is 9.20. The molecule has 1 amide bonds. The molecule has 0 radical (unpaired) electrons. The molecule has 1 aromatic carbocycles. The van der Waals surface area contributed by atoms with Crippen molar-refractivity contribution in [3.8, 4) is 6.07 Å². The van der Waals surface area contributed by atoms with Crippen LogP contribution in [0.4, 0.5) is 0 Å². The number of imidazole rings is 1. The van der Waals surface area contributed by atoms with Crippen LogP contribution in [0.5, 0.6) is 0 Å². The van der Waals surface area contributed by atoms with E-state index in [0.717, 1.165) is 57.2 Å². The fourth-order valence-corrected chi connectivity index (χ4v) is 5.64. The van der Waals surface area contributed by atoms with Crippen LogP contribution in [0, 0.1) is 29.1 Å². The third-order valence-electron chi connectivity index (χ3n) is 7.36. The van der Waals surface area contributed by atoms with E-state index >= 15 is 0 Å². The van der Waals surface area contributed by atoms with Gasteiger partial charge in [-0.1, -0.05) is 18.6 Å². The van der Waals surface area contributed by atoms with Gasteiger partial charge in [0, 0.05) is 51.4 Å². The summed E-state index contributed by atoms with van der Waals surface area (Å²) in [7, 11) is 0. The van der Waals surface area contributed by atoms with Crippen LogP contribution in [-0.2, 0) is 17.9 Å². The zero-order valence-corrected chi connectivity index (χ0v) is 17.4. The van der Waals surface area contributed by atoms with Crippen molar-refractivity contribution in [1.29, 1.82) is 5.26 Å². The summed E-state index contributed by atoms with van der Waals surface area (Å²) in [5, 5.41) is 8.96. The molecule has 2 saturated carbocycles. The zero-order chi connectivity index (χ0) is 20.5. The van der Waals surface area contributed by atoms with Gasteiger partial charge in [0.15, 0.2) is 0 Å². The maximum atomic E-state index is 13.0. The van der Waals surface area contributed by atoms with Crippen molar-refractivity contribution < 1.29 is 4.79 Å². The lowest BCUT2D eigenvalue weighted by molar-refractivity contribution is -0.139. The summed E-state index contributed by atoms with van der Waals surface area (Å²) in [6.07, 6.45) is 8.86. The molecule has 2 bridgehead atoms. The Kier molecular flexibility index (Phi) is 5.30. The fourth-order valence-electron chi connectivity index (χ4n) is 5.64. The third-order valence-corrected chi connectivity index (χ3v) is 7.36. The quantitative estimate of drug-likeness (QED) is 0.770. The largest absolute Gasteiger partial charge is 0.340 e. The molecule has 2 heterocycles. The Hall–Kier alpha value is -2.65. The van der Waals surface area contributed by atoms with Crippen LogP contribution in [0.3, 0.4) is 0 Å². The number of rotatable bonds is 5. The lowest BCUT2D eigenvalue weighted by Gasteiger charge is -2.37. The van der Waals surface area contributed by atoms with Gasteiger partial charge < -0.3 is 9.47 Å². The Morgan fingerprint density at radius 1 is 1.07 bits per heavy atom. The number of fused-ring (bicyclic) bond motifs is 2. The minimum absolute atomic E-state index is 0.309. The molecule has 6 nitrogen and oxygen atoms in total. The molecule has 0 spiro atoms. The first-order valence-corrected chi connectivity index (χ1v) is 11.2. The minimum atomic E-state index is 0.309. The second-order valence-electron chi connectivity index (χ2n) is 9.20. The van der Waals surface area contributed by atoms with Gasteiger partial charge in [0.2, 0.25) is 5.91 Å². The summed E-state index contributed by atoms with van der Waals surface area (Å²) in [6, 6.07) is 9.89. The first kappa shape index (κ1) is 19.3. The lowest BCUT2D eigenvalue weighted by atomic mass is 9.87. The maximum absolute atomic E-state index is 13.0. The van der Waals surface area contributed by atoms with Gasteiger partial charge >= 0.3 is 0 Å². The molecule has 0 N–H and O–H groups in total. The number of carbonyl (C=O) groups is 1. The number of nitrogens with zero attached hydrogens (tertiary/aromatic N) is 5. The normalized spacial score (nSPS) is 26.1. The summed E-state index contributed by atoms with van der Waals surface area (Å²) in [5.41, 5.74) is 3.03. The summed E-state index contributed by atoms with van der Waals surface area (Å²) < 4.78 is 2.17. The molecule has 3 aliphatic rings. The first-order chi connectivity index (χ1) is 14.7. The highest BCUT2D eigenvalue weighted by atomic mass is 16.2. The topological polar surface area (TPSA) is 65.2 Å². The van der Waals surface area contributed by atoms with Crippen molar-refractivity contribution in [1.82, 2.24) is 19.4 Å². The van der Waals surface area contributed by atoms with Gasteiger partial charge in [0.25, 0.3) is 0 Å². The average molecular weight is 404 g/mol. The molecule has 30 heavy (non-hydrogen) atoms. The van der Waals surface area contributed by atoms with Crippen molar-refractivity contribution in [3.63, 3.8) is 0 Å². The van der Waals surface area contributed by atoms with E-state index < -0.39 is 0 Å². The Labute approximate surface area is 178 Å². The highest BCUT2D eigenvalue weighted by molar-refractivity contribution is 5.79.